The van der Waals surface area contributed by atoms with Crippen LogP contribution in [0.2, 0.25) is 0 Å². The fraction of sp³-hybridized carbons (Fsp3) is 0.333. The molecule has 17 rings (SSSR count). The summed E-state index contributed by atoms with van der Waals surface area (Å²) < 4.78 is 5.05. The number of hydrogen-bond donors (Lipinski definition) is 0. The van der Waals surface area contributed by atoms with Gasteiger partial charge in [-0.1, -0.05) is 289 Å². The molecule has 3 unspecified atom stereocenters. The van der Waals surface area contributed by atoms with Crippen molar-refractivity contribution in [3.63, 3.8) is 0 Å². The van der Waals surface area contributed by atoms with Crippen LogP contribution in [-0.4, -0.2) is 23.1 Å². The summed E-state index contributed by atoms with van der Waals surface area (Å²) in [4.78, 5) is 39.6. The number of carbonyl (C=O) groups excluding carboxylic acids is 2. The molecule has 0 saturated heterocycles. The van der Waals surface area contributed by atoms with Crippen LogP contribution in [0.4, 0.5) is 0 Å². The zero-order valence-corrected chi connectivity index (χ0v) is 81.6. The number of hydrogen-bond acceptors (Lipinski definition) is 14. The number of fused-ring (bicyclic) bond motifs is 12. The van der Waals surface area contributed by atoms with Gasteiger partial charge in [0.1, 0.15) is 35.4 Å². The van der Waals surface area contributed by atoms with Crippen molar-refractivity contribution in [2.45, 2.75) is 229 Å². The minimum absolute atomic E-state index is 0.0827. The average molecular weight is 1820 g/mol. The van der Waals surface area contributed by atoms with Crippen molar-refractivity contribution in [2.75, 3.05) is 11.5 Å². The molecule has 13 aromatic rings. The van der Waals surface area contributed by atoms with Crippen molar-refractivity contribution >= 4 is 147 Å². The molecule has 646 valence electrons. The first-order valence-corrected chi connectivity index (χ1v) is 53.5. The molecule has 0 spiro atoms. The lowest BCUT2D eigenvalue weighted by Crippen LogP contribution is -2.29. The Bertz CT molecular complexity index is 6690. The van der Waals surface area contributed by atoms with Crippen LogP contribution in [0, 0.1) is 71.0 Å². The van der Waals surface area contributed by atoms with E-state index < -0.39 is 10.8 Å². The summed E-state index contributed by atoms with van der Waals surface area (Å²) in [6.45, 7) is 20.5. The van der Waals surface area contributed by atoms with Crippen LogP contribution in [0.3, 0.4) is 0 Å². The standard InChI is InChI=1S/C114H110N4O2S8/c1-10-16-21-25-37-74-40-31-44-80(57-74)113(79-43-30-35-70(7)55-79)91-62-84(61-90-98(78(66-117)67-118)86-50-49-71(8)56-88(86)106(90)120)124-107(91)111-103(113)101-100(94-52-54-96(126-94)122-69-73(15-6)36-20-14-5)110-102(99(109(101)127-111)93-51-53-95(125-93)121-68-72(9)34-24-19-13-4)104-112(128-110)108-92(63-83(123-108)60-89-97(77(64-115)65-116)85-47-28-29-48-87(85)105(89)119)114(104,81-45-32-41-75(58-81)38-26-22-17-11-2)82-46-33-42-76(59-82)39-27-23-18-12-3/h28-33,35,40-63,72-73H,10-27,34,36-39,68-69H2,1-9H3/b89-60-,90-61-. The number of carbonyl (C=O) groups is 2. The number of thioether (sulfide) groups is 2. The highest BCUT2D eigenvalue weighted by atomic mass is 32.2. The minimum atomic E-state index is -0.972. The third-order valence-corrected chi connectivity index (χ3v) is 37.0. The van der Waals surface area contributed by atoms with Crippen LogP contribution in [0.5, 0.6) is 0 Å². The van der Waals surface area contributed by atoms with E-state index in [0.29, 0.717) is 56.4 Å². The normalized spacial score (nSPS) is 15.6. The highest BCUT2D eigenvalue weighted by Gasteiger charge is 2.55. The average Bonchev–Trinajstić information content (AvgIpc) is 1.48. The smallest absolute Gasteiger partial charge is 0.194 e. The summed E-state index contributed by atoms with van der Waals surface area (Å²) in [6.07, 6.45) is 29.9. The van der Waals surface area contributed by atoms with Crippen LogP contribution in [0.1, 0.15) is 291 Å². The molecule has 4 aliphatic carbocycles. The second kappa shape index (κ2) is 39.9. The Labute approximate surface area is 790 Å². The number of ketones is 2. The maximum absolute atomic E-state index is 15.4. The predicted molar refractivity (Wildman–Crippen MR) is 549 cm³/mol. The molecule has 0 radical (unpaired) electrons. The van der Waals surface area contributed by atoms with E-state index in [9.17, 15) is 21.0 Å². The van der Waals surface area contributed by atoms with Crippen LogP contribution >= 0.6 is 91.5 Å². The van der Waals surface area contributed by atoms with Crippen LogP contribution in [-0.2, 0) is 30.1 Å². The molecule has 6 heterocycles. The summed E-state index contributed by atoms with van der Waals surface area (Å²) in [7, 11) is 0. The molecule has 6 nitrogen and oxygen atoms in total. The summed E-state index contributed by atoms with van der Waals surface area (Å²) >= 11 is 15.3. The molecule has 14 heteroatoms. The highest BCUT2D eigenvalue weighted by Crippen LogP contribution is 2.71. The Balaban J connectivity index is 1.06. The Morgan fingerprint density at radius 2 is 0.828 bits per heavy atom. The molecule has 0 fully saturated rings. The van der Waals surface area contributed by atoms with Crippen molar-refractivity contribution in [1.29, 1.82) is 21.0 Å². The number of aryl methyl sites for hydroxylation is 5. The van der Waals surface area contributed by atoms with E-state index in [1.165, 1.54) is 168 Å². The lowest BCUT2D eigenvalue weighted by Gasteiger charge is -2.35. The van der Waals surface area contributed by atoms with Gasteiger partial charge in [-0.3, -0.25) is 9.59 Å². The van der Waals surface area contributed by atoms with Gasteiger partial charge in [-0.15, -0.1) is 91.5 Å². The first kappa shape index (κ1) is 90.2. The molecule has 6 aromatic heterocycles. The second-order valence-corrected chi connectivity index (χ2v) is 44.7. The highest BCUT2D eigenvalue weighted by molar-refractivity contribution is 8.01. The number of Topliss-reactive ketones (excluding diaryl/α,β-unsaturated/α-hetero) is 2. The van der Waals surface area contributed by atoms with Crippen LogP contribution in [0.15, 0.2) is 207 Å². The first-order valence-electron chi connectivity index (χ1n) is 46.6. The predicted octanol–water partition coefficient (Wildman–Crippen LogP) is 34.2. The molecule has 7 aromatic carbocycles. The maximum atomic E-state index is 15.4. The molecule has 0 amide bonds. The minimum Gasteiger partial charge on any atom is -0.289 e. The Hall–Kier alpha value is -9.78. The SMILES string of the molecule is CCCCCCc1cccc(C2(c3cccc(CCCCCC)c3)c3cc(/C=C4\C(=O)c5ccccc5C4=C(C#N)C#N)sc3-c3sc4c(-c5ccc(SCC(CC)CCCC)s5)c5c6c(sc5c(-c5ccc(SCC(C)CCCCC)s5)c4c32)-c2sc(/C=C3\C(=O)c4cc(C)ccc4C3=C(C#N)C#N)cc2C6(c2cccc(C)c2)c2cccc(CCCCCC)c2)c1. The molecule has 0 N–H and O–H groups in total. The number of allylic oxidation sites excluding steroid dienone is 6. The van der Waals surface area contributed by atoms with Gasteiger partial charge in [0.05, 0.1) is 38.8 Å². The van der Waals surface area contributed by atoms with Gasteiger partial charge in [-0.25, -0.2) is 0 Å². The lowest BCUT2D eigenvalue weighted by atomic mass is 9.65. The summed E-state index contributed by atoms with van der Waals surface area (Å²) in [5.74, 6) is 2.76. The molecular weight excluding hydrogens is 1710 g/mol. The van der Waals surface area contributed by atoms with Crippen molar-refractivity contribution < 1.29 is 9.59 Å². The van der Waals surface area contributed by atoms with Gasteiger partial charge in [0.25, 0.3) is 0 Å². The quantitative estimate of drug-likeness (QED) is 0.0163. The number of unbranched alkanes of at least 4 members (excludes halogenated alkanes) is 12. The molecule has 0 saturated carbocycles. The molecule has 128 heavy (non-hydrogen) atoms. The Kier molecular flexibility index (Phi) is 28.1. The van der Waals surface area contributed by atoms with Crippen molar-refractivity contribution in [2.24, 2.45) is 11.8 Å². The number of nitriles is 4. The largest absolute Gasteiger partial charge is 0.289 e. The van der Waals surface area contributed by atoms with Crippen LogP contribution < -0.4 is 0 Å². The van der Waals surface area contributed by atoms with E-state index in [4.69, 9.17) is 0 Å². The van der Waals surface area contributed by atoms with Gasteiger partial charge in [0, 0.05) is 95.7 Å². The van der Waals surface area contributed by atoms with Crippen molar-refractivity contribution in [1.82, 2.24) is 0 Å². The van der Waals surface area contributed by atoms with Crippen molar-refractivity contribution in [3.05, 3.63) is 303 Å². The fourth-order valence-corrected chi connectivity index (χ4v) is 30.8. The molecule has 4 aliphatic rings. The van der Waals surface area contributed by atoms with E-state index >= 15 is 9.59 Å². The Morgan fingerprint density at radius 3 is 1.29 bits per heavy atom. The third kappa shape index (κ3) is 16.8. The monoisotopic (exact) mass is 1820 g/mol. The number of thiophene rings is 6. The fourth-order valence-electron chi connectivity index (χ4n) is 20.5. The summed E-state index contributed by atoms with van der Waals surface area (Å²) in [6, 6.07) is 75.0. The first-order chi connectivity index (χ1) is 62.6. The van der Waals surface area contributed by atoms with E-state index in [-0.39, 0.29) is 22.7 Å². The van der Waals surface area contributed by atoms with Crippen LogP contribution in [0.25, 0.3) is 83.9 Å². The second-order valence-electron chi connectivity index (χ2n) is 35.6. The summed E-state index contributed by atoms with van der Waals surface area (Å²) in [5.41, 5.74) is 19.6. The topological polar surface area (TPSA) is 129 Å². The molecule has 0 aliphatic heterocycles. The van der Waals surface area contributed by atoms with Gasteiger partial charge < -0.3 is 0 Å². The summed E-state index contributed by atoms with van der Waals surface area (Å²) in [5, 5.41) is 46.0. The number of benzene rings is 7. The zero-order valence-electron chi connectivity index (χ0n) is 75.1. The van der Waals surface area contributed by atoms with Gasteiger partial charge in [0.15, 0.2) is 11.6 Å². The van der Waals surface area contributed by atoms with E-state index in [1.807, 2.05) is 130 Å². The van der Waals surface area contributed by atoms with E-state index in [2.05, 4.69) is 213 Å². The van der Waals surface area contributed by atoms with Gasteiger partial charge in [-0.05, 0) is 204 Å². The Morgan fingerprint density at radius 1 is 0.398 bits per heavy atom. The third-order valence-electron chi connectivity index (χ3n) is 26.9. The van der Waals surface area contributed by atoms with Gasteiger partial charge in [0.2, 0.25) is 0 Å². The number of nitrogens with zero attached hydrogens (tertiary/aromatic N) is 4. The van der Waals surface area contributed by atoms with E-state index in [1.54, 1.807) is 22.7 Å². The number of rotatable bonds is 37. The zero-order chi connectivity index (χ0) is 88.9. The molecule has 3 atom stereocenters. The maximum Gasteiger partial charge on any atom is 0.194 e. The van der Waals surface area contributed by atoms with Gasteiger partial charge in [-0.2, -0.15) is 21.0 Å². The lowest BCUT2D eigenvalue weighted by molar-refractivity contribution is 0.103. The van der Waals surface area contributed by atoms with Gasteiger partial charge >= 0.3 is 0 Å². The molecule has 0 bridgehead atoms. The van der Waals surface area contributed by atoms with E-state index in [0.717, 1.165) is 142 Å². The molecular formula is C114H110N4O2S8. The van der Waals surface area contributed by atoms with Crippen molar-refractivity contribution in [3.8, 4) is 64.7 Å².